The van der Waals surface area contributed by atoms with Gasteiger partial charge in [0.15, 0.2) is 0 Å². The Balaban J connectivity index is 1.30. The molecule has 0 amide bonds. The summed E-state index contributed by atoms with van der Waals surface area (Å²) >= 11 is 0. The molecule has 43 heavy (non-hydrogen) atoms. The Labute approximate surface area is 254 Å². The van der Waals surface area contributed by atoms with E-state index < -0.39 is 0 Å². The number of benzene rings is 4. The lowest BCUT2D eigenvalue weighted by Gasteiger charge is -2.25. The van der Waals surface area contributed by atoms with E-state index in [0.717, 1.165) is 33.8 Å². The van der Waals surface area contributed by atoms with Crippen LogP contribution in [0.1, 0.15) is 22.3 Å². The molecule has 7 heteroatoms. The number of ether oxygens (including phenoxy) is 7. The first-order valence-corrected chi connectivity index (χ1v) is 14.6. The summed E-state index contributed by atoms with van der Waals surface area (Å²) < 4.78 is 42.6. The van der Waals surface area contributed by atoms with E-state index in [2.05, 4.69) is 0 Å². The van der Waals surface area contributed by atoms with Gasteiger partial charge in [0.05, 0.1) is 53.9 Å². The van der Waals surface area contributed by atoms with Crippen LogP contribution < -0.4 is 9.47 Å². The van der Waals surface area contributed by atoms with Gasteiger partial charge < -0.3 is 33.2 Å². The van der Waals surface area contributed by atoms with E-state index >= 15 is 0 Å². The highest BCUT2D eigenvalue weighted by atomic mass is 16.6. The summed E-state index contributed by atoms with van der Waals surface area (Å²) in [5.74, 6) is 1.60. The second kappa shape index (κ2) is 16.2. The molecule has 0 aliphatic carbocycles. The van der Waals surface area contributed by atoms with Crippen LogP contribution in [0.25, 0.3) is 0 Å². The van der Waals surface area contributed by atoms with Crippen LogP contribution >= 0.6 is 0 Å². The highest BCUT2D eigenvalue weighted by Crippen LogP contribution is 2.30. The van der Waals surface area contributed by atoms with Crippen LogP contribution in [-0.2, 0) is 50.1 Å². The molecule has 7 nitrogen and oxygen atoms in total. The van der Waals surface area contributed by atoms with Crippen molar-refractivity contribution in [2.24, 2.45) is 0 Å². The minimum atomic E-state index is -0.374. The standard InChI is InChI=1S/C36H40O7/c1-37-31-17-13-29(14-18-31)23-41-35-33(25-39-21-27-9-5-3-6-10-27)43-34(26-40-22-28-11-7-4-8-12-28)36(35)42-24-30-15-19-32(38-2)20-16-30/h3-20,33-36H,21-26H2,1-2H3/t33-,34-,35-,36-/m1/s1. The molecule has 0 saturated carbocycles. The first-order chi connectivity index (χ1) is 21.2. The molecule has 5 rings (SSSR count). The Morgan fingerprint density at radius 2 is 0.837 bits per heavy atom. The van der Waals surface area contributed by atoms with Crippen LogP contribution in [0.15, 0.2) is 109 Å². The van der Waals surface area contributed by atoms with Gasteiger partial charge in [-0.1, -0.05) is 84.9 Å². The van der Waals surface area contributed by atoms with E-state index in [1.165, 1.54) is 0 Å². The number of hydrogen-bond donors (Lipinski definition) is 0. The van der Waals surface area contributed by atoms with Crippen molar-refractivity contribution in [3.05, 3.63) is 131 Å². The van der Waals surface area contributed by atoms with Gasteiger partial charge in [0.25, 0.3) is 0 Å². The van der Waals surface area contributed by atoms with Crippen LogP contribution in [0.3, 0.4) is 0 Å². The zero-order chi connectivity index (χ0) is 29.7. The third-order valence-electron chi connectivity index (χ3n) is 7.40. The van der Waals surface area contributed by atoms with Crippen molar-refractivity contribution in [1.82, 2.24) is 0 Å². The Hall–Kier alpha value is -3.72. The molecule has 226 valence electrons. The number of hydrogen-bond acceptors (Lipinski definition) is 7. The van der Waals surface area contributed by atoms with Gasteiger partial charge >= 0.3 is 0 Å². The Morgan fingerprint density at radius 1 is 0.465 bits per heavy atom. The van der Waals surface area contributed by atoms with E-state index in [0.29, 0.717) is 39.6 Å². The SMILES string of the molecule is COc1ccc(CO[C@H]2[C@H](OCc3ccc(OC)cc3)[C@@H](COCc3ccccc3)O[C@@H]2COCc2ccccc2)cc1. The lowest BCUT2D eigenvalue weighted by atomic mass is 10.1. The van der Waals surface area contributed by atoms with Crippen molar-refractivity contribution in [2.75, 3.05) is 27.4 Å². The fraction of sp³-hybridized carbons (Fsp3) is 0.333. The molecule has 0 spiro atoms. The van der Waals surface area contributed by atoms with Gasteiger partial charge in [0, 0.05) is 0 Å². The Kier molecular flexibility index (Phi) is 11.6. The molecule has 0 radical (unpaired) electrons. The normalized spacial score (nSPS) is 19.8. The maximum atomic E-state index is 6.57. The van der Waals surface area contributed by atoms with E-state index in [9.17, 15) is 0 Å². The van der Waals surface area contributed by atoms with E-state index in [1.54, 1.807) is 14.2 Å². The van der Waals surface area contributed by atoms with E-state index in [4.69, 9.17) is 33.2 Å². The largest absolute Gasteiger partial charge is 0.497 e. The van der Waals surface area contributed by atoms with Crippen LogP contribution in [0.4, 0.5) is 0 Å². The van der Waals surface area contributed by atoms with E-state index in [1.807, 2.05) is 109 Å². The Bertz CT molecular complexity index is 1220. The van der Waals surface area contributed by atoms with Crippen LogP contribution in [0, 0.1) is 0 Å². The molecule has 0 aromatic heterocycles. The van der Waals surface area contributed by atoms with Crippen molar-refractivity contribution in [2.45, 2.75) is 50.8 Å². The highest BCUT2D eigenvalue weighted by Gasteiger charge is 2.46. The van der Waals surface area contributed by atoms with Crippen molar-refractivity contribution >= 4 is 0 Å². The summed E-state index contributed by atoms with van der Waals surface area (Å²) in [6, 6.07) is 36.0. The van der Waals surface area contributed by atoms with Crippen LogP contribution in [-0.4, -0.2) is 51.8 Å². The maximum Gasteiger partial charge on any atom is 0.118 e. The molecule has 1 aliphatic heterocycles. The molecule has 0 bridgehead atoms. The molecule has 0 unspecified atom stereocenters. The molecule has 0 N–H and O–H groups in total. The fourth-order valence-corrected chi connectivity index (χ4v) is 5.04. The summed E-state index contributed by atoms with van der Waals surface area (Å²) in [6.07, 6.45) is -1.43. The zero-order valence-corrected chi connectivity index (χ0v) is 24.8. The first-order valence-electron chi connectivity index (χ1n) is 14.6. The number of methoxy groups -OCH3 is 2. The van der Waals surface area contributed by atoms with Gasteiger partial charge in [-0.3, -0.25) is 0 Å². The summed E-state index contributed by atoms with van der Waals surface area (Å²) in [7, 11) is 3.32. The van der Waals surface area contributed by atoms with Gasteiger partial charge in [-0.05, 0) is 46.5 Å². The van der Waals surface area contributed by atoms with Crippen LogP contribution in [0.2, 0.25) is 0 Å². The van der Waals surface area contributed by atoms with Crippen molar-refractivity contribution < 1.29 is 33.2 Å². The van der Waals surface area contributed by atoms with Crippen molar-refractivity contribution in [3.8, 4) is 11.5 Å². The molecular weight excluding hydrogens is 544 g/mol. The highest BCUT2D eigenvalue weighted by molar-refractivity contribution is 5.27. The zero-order valence-electron chi connectivity index (χ0n) is 24.8. The topological polar surface area (TPSA) is 64.6 Å². The molecule has 4 atom stereocenters. The second-order valence-corrected chi connectivity index (χ2v) is 10.5. The maximum absolute atomic E-state index is 6.57. The van der Waals surface area contributed by atoms with Gasteiger partial charge in [-0.15, -0.1) is 0 Å². The average Bonchev–Trinajstić information content (AvgIpc) is 3.39. The minimum absolute atomic E-state index is 0.340. The molecule has 1 heterocycles. The molecular formula is C36H40O7. The third-order valence-corrected chi connectivity index (χ3v) is 7.40. The molecule has 1 aliphatic rings. The summed E-state index contributed by atoms with van der Waals surface area (Å²) in [5.41, 5.74) is 4.27. The van der Waals surface area contributed by atoms with Crippen molar-refractivity contribution in [3.63, 3.8) is 0 Å². The van der Waals surface area contributed by atoms with Crippen LogP contribution in [0.5, 0.6) is 11.5 Å². The smallest absolute Gasteiger partial charge is 0.118 e. The third kappa shape index (κ3) is 9.13. The summed E-state index contributed by atoms with van der Waals surface area (Å²) in [6.45, 7) is 2.48. The summed E-state index contributed by atoms with van der Waals surface area (Å²) in [4.78, 5) is 0. The Morgan fingerprint density at radius 3 is 1.21 bits per heavy atom. The lowest BCUT2D eigenvalue weighted by Crippen LogP contribution is -2.40. The quantitative estimate of drug-likeness (QED) is 0.152. The van der Waals surface area contributed by atoms with Gasteiger partial charge in [0.2, 0.25) is 0 Å². The average molecular weight is 585 g/mol. The monoisotopic (exact) mass is 584 g/mol. The van der Waals surface area contributed by atoms with Crippen molar-refractivity contribution in [1.29, 1.82) is 0 Å². The predicted octanol–water partition coefficient (Wildman–Crippen LogP) is 6.38. The van der Waals surface area contributed by atoms with Gasteiger partial charge in [-0.2, -0.15) is 0 Å². The minimum Gasteiger partial charge on any atom is -0.497 e. The van der Waals surface area contributed by atoms with Gasteiger partial charge in [-0.25, -0.2) is 0 Å². The predicted molar refractivity (Wildman–Crippen MR) is 164 cm³/mol. The van der Waals surface area contributed by atoms with Gasteiger partial charge in [0.1, 0.15) is 35.9 Å². The number of rotatable bonds is 16. The lowest BCUT2D eigenvalue weighted by molar-refractivity contribution is -0.0914. The van der Waals surface area contributed by atoms with E-state index in [-0.39, 0.29) is 24.4 Å². The molecule has 4 aromatic carbocycles. The second-order valence-electron chi connectivity index (χ2n) is 10.5. The first kappa shape index (κ1) is 30.7. The molecule has 4 aromatic rings. The summed E-state index contributed by atoms with van der Waals surface area (Å²) in [5, 5.41) is 0. The molecule has 1 saturated heterocycles. The molecule has 1 fully saturated rings. The fourth-order valence-electron chi connectivity index (χ4n) is 5.04.